The van der Waals surface area contributed by atoms with Crippen LogP contribution in [-0.2, 0) is 13.0 Å². The van der Waals surface area contributed by atoms with Crippen LogP contribution in [0.15, 0.2) is 35.7 Å². The van der Waals surface area contributed by atoms with E-state index in [1.165, 1.54) is 17.5 Å². The number of rotatable bonds is 2. The number of piperidine rings is 1. The molecule has 3 heterocycles. The molecule has 132 valence electrons. The molecule has 4 rings (SSSR count). The van der Waals surface area contributed by atoms with E-state index in [0.29, 0.717) is 6.04 Å². The topological polar surface area (TPSA) is 35.6 Å². The minimum Gasteiger partial charge on any atom is -0.324 e. The van der Waals surface area contributed by atoms with Gasteiger partial charge in [0.05, 0.1) is 0 Å². The Morgan fingerprint density at radius 1 is 1.12 bits per heavy atom. The zero-order valence-electron chi connectivity index (χ0n) is 14.7. The Balaban J connectivity index is 1.29. The third-order valence-corrected chi connectivity index (χ3v) is 6.43. The fourth-order valence-electron chi connectivity index (χ4n) is 3.86. The molecule has 0 saturated carbocycles. The van der Waals surface area contributed by atoms with Gasteiger partial charge in [0.2, 0.25) is 0 Å². The molecular formula is C20H25N3OS. The lowest BCUT2D eigenvalue weighted by molar-refractivity contribution is 0.111. The van der Waals surface area contributed by atoms with Gasteiger partial charge in [-0.3, -0.25) is 4.90 Å². The van der Waals surface area contributed by atoms with Crippen LogP contribution in [-0.4, -0.2) is 41.5 Å². The van der Waals surface area contributed by atoms with E-state index in [1.54, 1.807) is 4.88 Å². The number of aryl methyl sites for hydroxylation is 1. The summed E-state index contributed by atoms with van der Waals surface area (Å²) in [6.07, 6.45) is 3.32. The third-order valence-electron chi connectivity index (χ3n) is 5.41. The summed E-state index contributed by atoms with van der Waals surface area (Å²) in [6, 6.07) is 10.9. The van der Waals surface area contributed by atoms with Crippen molar-refractivity contribution in [2.75, 3.05) is 25.0 Å². The standard InChI is InChI=1S/C20H25N3OS/c1-15-2-4-17(5-3-15)21-20(24)22-10-6-18(7-11-22)23-12-8-19-16(14-23)9-13-25-19/h2-5,9,13,18H,6-8,10-12,14H2,1H3,(H,21,24). The van der Waals surface area contributed by atoms with Gasteiger partial charge in [-0.2, -0.15) is 0 Å². The van der Waals surface area contributed by atoms with Gasteiger partial charge >= 0.3 is 6.03 Å². The van der Waals surface area contributed by atoms with Gasteiger partial charge in [-0.25, -0.2) is 4.79 Å². The molecule has 1 aromatic carbocycles. The van der Waals surface area contributed by atoms with Crippen LogP contribution in [0.2, 0.25) is 0 Å². The zero-order valence-corrected chi connectivity index (χ0v) is 15.5. The first-order valence-corrected chi connectivity index (χ1v) is 9.99. The summed E-state index contributed by atoms with van der Waals surface area (Å²) >= 11 is 1.89. The largest absolute Gasteiger partial charge is 0.324 e. The summed E-state index contributed by atoms with van der Waals surface area (Å²) in [5.74, 6) is 0. The number of hydrogen-bond acceptors (Lipinski definition) is 3. The van der Waals surface area contributed by atoms with Crippen molar-refractivity contribution in [2.24, 2.45) is 0 Å². The van der Waals surface area contributed by atoms with E-state index in [0.717, 1.165) is 44.7 Å². The van der Waals surface area contributed by atoms with Crippen LogP contribution < -0.4 is 5.32 Å². The van der Waals surface area contributed by atoms with Gasteiger partial charge in [0.25, 0.3) is 0 Å². The second kappa shape index (κ2) is 7.18. The van der Waals surface area contributed by atoms with Crippen molar-refractivity contribution in [1.82, 2.24) is 9.80 Å². The van der Waals surface area contributed by atoms with Crippen LogP contribution >= 0.6 is 11.3 Å². The molecule has 1 saturated heterocycles. The first-order valence-electron chi connectivity index (χ1n) is 9.11. The van der Waals surface area contributed by atoms with Gasteiger partial charge in [-0.15, -0.1) is 11.3 Å². The summed E-state index contributed by atoms with van der Waals surface area (Å²) in [4.78, 5) is 18.6. The van der Waals surface area contributed by atoms with E-state index in [-0.39, 0.29) is 6.03 Å². The molecule has 0 bridgehead atoms. The maximum Gasteiger partial charge on any atom is 0.321 e. The second-order valence-corrected chi connectivity index (χ2v) is 8.10. The van der Waals surface area contributed by atoms with Gasteiger partial charge in [0.1, 0.15) is 0 Å². The highest BCUT2D eigenvalue weighted by molar-refractivity contribution is 7.10. The SMILES string of the molecule is Cc1ccc(NC(=O)N2CCC(N3CCc4sccc4C3)CC2)cc1. The highest BCUT2D eigenvalue weighted by Gasteiger charge is 2.29. The molecule has 2 amide bonds. The lowest BCUT2D eigenvalue weighted by Crippen LogP contribution is -2.48. The normalized spacial score (nSPS) is 18.8. The van der Waals surface area contributed by atoms with E-state index < -0.39 is 0 Å². The summed E-state index contributed by atoms with van der Waals surface area (Å²) < 4.78 is 0. The fraction of sp³-hybridized carbons (Fsp3) is 0.450. The molecule has 2 aromatic rings. The Kier molecular flexibility index (Phi) is 4.77. The minimum absolute atomic E-state index is 0.0288. The van der Waals surface area contributed by atoms with Crippen molar-refractivity contribution in [3.8, 4) is 0 Å². The quantitative estimate of drug-likeness (QED) is 0.880. The van der Waals surface area contributed by atoms with E-state index >= 15 is 0 Å². The fourth-order valence-corrected chi connectivity index (χ4v) is 4.75. The Morgan fingerprint density at radius 3 is 2.64 bits per heavy atom. The molecule has 1 N–H and O–H groups in total. The molecule has 1 aromatic heterocycles. The molecule has 5 heteroatoms. The number of carbonyl (C=O) groups excluding carboxylic acids is 1. The van der Waals surface area contributed by atoms with Crippen molar-refractivity contribution >= 4 is 23.1 Å². The smallest absolute Gasteiger partial charge is 0.321 e. The maximum atomic E-state index is 12.5. The number of hydrogen-bond donors (Lipinski definition) is 1. The summed E-state index contributed by atoms with van der Waals surface area (Å²) in [6.45, 7) is 5.98. The van der Waals surface area contributed by atoms with Gasteiger partial charge < -0.3 is 10.2 Å². The second-order valence-electron chi connectivity index (χ2n) is 7.10. The number of anilines is 1. The summed E-state index contributed by atoms with van der Waals surface area (Å²) in [7, 11) is 0. The number of carbonyl (C=O) groups is 1. The molecule has 0 radical (unpaired) electrons. The Hall–Kier alpha value is -1.85. The van der Waals surface area contributed by atoms with Crippen LogP contribution in [0.1, 0.15) is 28.8 Å². The zero-order chi connectivity index (χ0) is 17.2. The van der Waals surface area contributed by atoms with Crippen molar-refractivity contribution in [3.05, 3.63) is 51.7 Å². The van der Waals surface area contributed by atoms with Crippen LogP contribution in [0.5, 0.6) is 0 Å². The van der Waals surface area contributed by atoms with Crippen LogP contribution in [0.4, 0.5) is 10.5 Å². The molecule has 1 fully saturated rings. The van der Waals surface area contributed by atoms with Gasteiger partial charge in [-0.05, 0) is 55.3 Å². The number of fused-ring (bicyclic) bond motifs is 1. The van der Waals surface area contributed by atoms with Crippen LogP contribution in [0.25, 0.3) is 0 Å². The lowest BCUT2D eigenvalue weighted by atomic mass is 10.00. The summed E-state index contributed by atoms with van der Waals surface area (Å²) in [5, 5.41) is 5.23. The third kappa shape index (κ3) is 3.72. The monoisotopic (exact) mass is 355 g/mol. The van der Waals surface area contributed by atoms with Crippen LogP contribution in [0, 0.1) is 6.92 Å². The molecule has 0 aliphatic carbocycles. The molecule has 25 heavy (non-hydrogen) atoms. The van der Waals surface area contributed by atoms with Crippen LogP contribution in [0.3, 0.4) is 0 Å². The number of nitrogens with zero attached hydrogens (tertiary/aromatic N) is 2. The first-order chi connectivity index (χ1) is 12.2. The predicted molar refractivity (Wildman–Crippen MR) is 103 cm³/mol. The molecule has 0 spiro atoms. The molecular weight excluding hydrogens is 330 g/mol. The van der Waals surface area contributed by atoms with Gasteiger partial charge in [0, 0.05) is 42.8 Å². The van der Waals surface area contributed by atoms with Crippen molar-refractivity contribution in [3.63, 3.8) is 0 Å². The number of nitrogens with one attached hydrogen (secondary N) is 1. The number of urea groups is 1. The van der Waals surface area contributed by atoms with E-state index in [9.17, 15) is 4.79 Å². The molecule has 4 nitrogen and oxygen atoms in total. The Bertz CT molecular complexity index is 732. The lowest BCUT2D eigenvalue weighted by Gasteiger charge is -2.40. The molecule has 0 unspecified atom stereocenters. The molecule has 2 aliphatic heterocycles. The average molecular weight is 356 g/mol. The molecule has 0 atom stereocenters. The average Bonchev–Trinajstić information content (AvgIpc) is 3.11. The number of amides is 2. The highest BCUT2D eigenvalue weighted by Crippen LogP contribution is 2.28. The number of benzene rings is 1. The highest BCUT2D eigenvalue weighted by atomic mass is 32.1. The minimum atomic E-state index is 0.0288. The Labute approximate surface area is 153 Å². The number of likely N-dealkylation sites (tertiary alicyclic amines) is 1. The summed E-state index contributed by atoms with van der Waals surface area (Å²) in [5.41, 5.74) is 3.59. The van der Waals surface area contributed by atoms with E-state index in [2.05, 4.69) is 28.6 Å². The van der Waals surface area contributed by atoms with E-state index in [4.69, 9.17) is 0 Å². The molecule has 2 aliphatic rings. The van der Waals surface area contributed by atoms with E-state index in [1.807, 2.05) is 40.5 Å². The Morgan fingerprint density at radius 2 is 1.88 bits per heavy atom. The van der Waals surface area contributed by atoms with Crippen molar-refractivity contribution < 1.29 is 4.79 Å². The first kappa shape index (κ1) is 16.6. The number of thiophene rings is 1. The predicted octanol–water partition coefficient (Wildman–Crippen LogP) is 4.11. The van der Waals surface area contributed by atoms with Crippen molar-refractivity contribution in [1.29, 1.82) is 0 Å². The van der Waals surface area contributed by atoms with Gasteiger partial charge in [0.15, 0.2) is 0 Å². The maximum absolute atomic E-state index is 12.5. The van der Waals surface area contributed by atoms with Gasteiger partial charge in [-0.1, -0.05) is 17.7 Å². The van der Waals surface area contributed by atoms with Crippen molar-refractivity contribution in [2.45, 2.75) is 38.8 Å².